The van der Waals surface area contributed by atoms with Gasteiger partial charge in [-0.15, -0.1) is 0 Å². The average Bonchev–Trinajstić information content (AvgIpc) is 3.02. The van der Waals surface area contributed by atoms with Gasteiger partial charge in [0.2, 0.25) is 5.91 Å². The van der Waals surface area contributed by atoms with Gasteiger partial charge in [-0.3, -0.25) is 4.79 Å². The summed E-state index contributed by atoms with van der Waals surface area (Å²) in [5.74, 6) is 0.812. The number of aromatic nitrogens is 1. The largest absolute Gasteiger partial charge is 0.492 e. The van der Waals surface area contributed by atoms with Crippen molar-refractivity contribution in [3.63, 3.8) is 0 Å². The molecule has 26 heavy (non-hydrogen) atoms. The van der Waals surface area contributed by atoms with Crippen LogP contribution < -0.4 is 10.1 Å². The Kier molecular flexibility index (Phi) is 4.84. The maximum Gasteiger partial charge on any atom is 0.226 e. The lowest BCUT2D eigenvalue weighted by Crippen LogP contribution is -2.29. The van der Waals surface area contributed by atoms with Gasteiger partial charge in [-0.1, -0.05) is 18.5 Å². The van der Waals surface area contributed by atoms with Crippen molar-refractivity contribution in [3.05, 3.63) is 28.9 Å². The molecule has 2 fully saturated rings. The highest BCUT2D eigenvalue weighted by Gasteiger charge is 2.44. The number of benzene rings is 1. The number of carbonyl (C=O) groups excluding carboxylic acids is 1. The van der Waals surface area contributed by atoms with Crippen molar-refractivity contribution in [1.29, 1.82) is 0 Å². The van der Waals surface area contributed by atoms with Crippen molar-refractivity contribution in [2.24, 2.45) is 5.41 Å². The van der Waals surface area contributed by atoms with Crippen LogP contribution in [0, 0.1) is 5.41 Å². The first kappa shape index (κ1) is 17.7. The predicted molar refractivity (Wildman–Crippen MR) is 102 cm³/mol. The third kappa shape index (κ3) is 3.84. The molecule has 0 bridgehead atoms. The Hall–Kier alpha value is -1.72. The number of halogens is 1. The maximum atomic E-state index is 12.1. The lowest BCUT2D eigenvalue weighted by molar-refractivity contribution is -0.125. The van der Waals surface area contributed by atoms with E-state index in [1.165, 1.54) is 0 Å². The van der Waals surface area contributed by atoms with Crippen LogP contribution in [0.1, 0.15) is 44.7 Å². The molecule has 0 radical (unpaired) electrons. The Balaban J connectivity index is 1.38. The van der Waals surface area contributed by atoms with E-state index in [1.807, 2.05) is 25.1 Å². The van der Waals surface area contributed by atoms with Gasteiger partial charge in [-0.05, 0) is 37.8 Å². The molecule has 2 heterocycles. The van der Waals surface area contributed by atoms with Gasteiger partial charge in [0.1, 0.15) is 5.75 Å². The number of carbonyl (C=O) groups is 1. The number of fused-ring (bicyclic) bond motifs is 1. The van der Waals surface area contributed by atoms with Gasteiger partial charge < -0.3 is 19.8 Å². The third-order valence-corrected chi connectivity index (χ3v) is 5.73. The summed E-state index contributed by atoms with van der Waals surface area (Å²) in [4.78, 5) is 15.4. The molecule has 1 aromatic heterocycles. The molecule has 2 N–H and O–H groups in total. The monoisotopic (exact) mass is 376 g/mol. The fraction of sp³-hybridized carbons (Fsp3) is 0.550. The molecule has 140 valence electrons. The summed E-state index contributed by atoms with van der Waals surface area (Å²) < 4.78 is 11.5. The van der Waals surface area contributed by atoms with E-state index in [2.05, 4.69) is 10.3 Å². The van der Waals surface area contributed by atoms with Crippen molar-refractivity contribution in [2.75, 3.05) is 13.2 Å². The number of aromatic amines is 1. The van der Waals surface area contributed by atoms with E-state index < -0.39 is 0 Å². The molecule has 1 aliphatic heterocycles. The molecule has 1 saturated carbocycles. The lowest BCUT2D eigenvalue weighted by Gasteiger charge is -2.11. The fourth-order valence-corrected chi connectivity index (χ4v) is 3.60. The SMILES string of the molecule is CC1(C(=O)NCc2cc3cc(Cl)c(OCC[C@H]4CCCO4)cc3[nH]2)CC1. The van der Waals surface area contributed by atoms with Gasteiger partial charge in [0, 0.05) is 41.1 Å². The first-order valence-corrected chi connectivity index (χ1v) is 9.75. The van der Waals surface area contributed by atoms with Crippen molar-refractivity contribution < 1.29 is 14.3 Å². The Morgan fingerprint density at radius 3 is 3.00 bits per heavy atom. The van der Waals surface area contributed by atoms with E-state index in [1.54, 1.807) is 0 Å². The molecular weight excluding hydrogens is 352 g/mol. The normalized spacial score (nSPS) is 21.1. The summed E-state index contributed by atoms with van der Waals surface area (Å²) in [6, 6.07) is 5.86. The molecule has 5 nitrogen and oxygen atoms in total. The van der Waals surface area contributed by atoms with Crippen LogP contribution in [-0.2, 0) is 16.1 Å². The van der Waals surface area contributed by atoms with Crippen molar-refractivity contribution in [1.82, 2.24) is 10.3 Å². The van der Waals surface area contributed by atoms with Gasteiger partial charge >= 0.3 is 0 Å². The second kappa shape index (κ2) is 7.12. The zero-order valence-corrected chi connectivity index (χ0v) is 15.8. The standard InChI is InChI=1S/C20H25ClN2O3/c1-20(5-6-20)19(24)22-12-14-9-13-10-16(21)18(11-17(13)23-14)26-8-4-15-3-2-7-25-15/h9-11,15,23H,2-8,12H2,1H3,(H,22,24)/t15-/m1/s1. The molecule has 0 spiro atoms. The van der Waals surface area contributed by atoms with Crippen LogP contribution in [0.15, 0.2) is 18.2 Å². The van der Waals surface area contributed by atoms with E-state index in [4.69, 9.17) is 21.1 Å². The maximum absolute atomic E-state index is 12.1. The molecule has 1 aromatic carbocycles. The highest BCUT2D eigenvalue weighted by Crippen LogP contribution is 2.45. The van der Waals surface area contributed by atoms with E-state index in [9.17, 15) is 4.79 Å². The Morgan fingerprint density at radius 1 is 1.42 bits per heavy atom. The second-order valence-electron chi connectivity index (χ2n) is 7.68. The van der Waals surface area contributed by atoms with Crippen LogP contribution in [-0.4, -0.2) is 30.2 Å². The first-order valence-electron chi connectivity index (χ1n) is 9.37. The van der Waals surface area contributed by atoms with Gasteiger partial charge in [-0.2, -0.15) is 0 Å². The molecule has 0 unspecified atom stereocenters. The van der Waals surface area contributed by atoms with E-state index in [0.717, 1.165) is 55.3 Å². The zero-order valence-electron chi connectivity index (χ0n) is 15.1. The number of rotatable bonds is 7. The number of amides is 1. The molecule has 4 rings (SSSR count). The van der Waals surface area contributed by atoms with Crippen LogP contribution in [0.3, 0.4) is 0 Å². The van der Waals surface area contributed by atoms with Crippen molar-refractivity contribution in [2.45, 2.75) is 51.7 Å². The summed E-state index contributed by atoms with van der Waals surface area (Å²) in [6.07, 6.45) is 5.40. The minimum atomic E-state index is -0.153. The van der Waals surface area contributed by atoms with Crippen LogP contribution >= 0.6 is 11.6 Å². The minimum Gasteiger partial charge on any atom is -0.492 e. The van der Waals surface area contributed by atoms with Crippen LogP contribution in [0.5, 0.6) is 5.75 Å². The summed E-state index contributed by atoms with van der Waals surface area (Å²) >= 11 is 6.36. The zero-order chi connectivity index (χ0) is 18.1. The molecule has 2 aromatic rings. The Labute approximate surface area is 158 Å². The number of hydrogen-bond acceptors (Lipinski definition) is 3. The average molecular weight is 377 g/mol. The lowest BCUT2D eigenvalue weighted by atomic mass is 10.1. The highest BCUT2D eigenvalue weighted by atomic mass is 35.5. The molecule has 6 heteroatoms. The Morgan fingerprint density at radius 2 is 2.27 bits per heavy atom. The van der Waals surface area contributed by atoms with Crippen LogP contribution in [0.25, 0.3) is 10.9 Å². The molecule has 1 aliphatic carbocycles. The molecule has 1 amide bonds. The molecular formula is C20H25ClN2O3. The van der Waals surface area contributed by atoms with Gasteiger partial charge in [-0.25, -0.2) is 0 Å². The molecule has 1 saturated heterocycles. The summed E-state index contributed by atoms with van der Waals surface area (Å²) in [7, 11) is 0. The smallest absolute Gasteiger partial charge is 0.226 e. The number of hydrogen-bond donors (Lipinski definition) is 2. The van der Waals surface area contributed by atoms with Gasteiger partial charge in [0.05, 0.1) is 24.3 Å². The number of ether oxygens (including phenoxy) is 2. The molecule has 1 atom stereocenters. The summed E-state index contributed by atoms with van der Waals surface area (Å²) in [5, 5.41) is 4.63. The van der Waals surface area contributed by atoms with E-state index in [0.29, 0.717) is 30.0 Å². The van der Waals surface area contributed by atoms with Gasteiger partial charge in [0.15, 0.2) is 0 Å². The predicted octanol–water partition coefficient (Wildman–Crippen LogP) is 4.19. The minimum absolute atomic E-state index is 0.132. The fourth-order valence-electron chi connectivity index (χ4n) is 3.37. The Bertz CT molecular complexity index is 807. The van der Waals surface area contributed by atoms with Crippen LogP contribution in [0.4, 0.5) is 0 Å². The van der Waals surface area contributed by atoms with E-state index >= 15 is 0 Å². The van der Waals surface area contributed by atoms with Crippen LogP contribution in [0.2, 0.25) is 5.02 Å². The molecule has 2 aliphatic rings. The number of H-pyrrole nitrogens is 1. The quantitative estimate of drug-likeness (QED) is 0.761. The summed E-state index contributed by atoms with van der Waals surface area (Å²) in [6.45, 7) is 3.96. The highest BCUT2D eigenvalue weighted by molar-refractivity contribution is 6.32. The van der Waals surface area contributed by atoms with E-state index in [-0.39, 0.29) is 11.3 Å². The topological polar surface area (TPSA) is 63.4 Å². The first-order chi connectivity index (χ1) is 12.5. The van der Waals surface area contributed by atoms with Gasteiger partial charge in [0.25, 0.3) is 0 Å². The second-order valence-corrected chi connectivity index (χ2v) is 8.09. The van der Waals surface area contributed by atoms with Crippen molar-refractivity contribution >= 4 is 28.4 Å². The third-order valence-electron chi connectivity index (χ3n) is 5.44. The summed E-state index contributed by atoms with van der Waals surface area (Å²) in [5.41, 5.74) is 1.77. The van der Waals surface area contributed by atoms with Crippen molar-refractivity contribution in [3.8, 4) is 5.75 Å². The number of nitrogens with one attached hydrogen (secondary N) is 2.